The van der Waals surface area contributed by atoms with E-state index in [1.807, 2.05) is 13.8 Å². The number of fused-ring (bicyclic) bond motifs is 1. The lowest BCUT2D eigenvalue weighted by Gasteiger charge is -2.11. The van der Waals surface area contributed by atoms with Crippen molar-refractivity contribution in [3.8, 4) is 0 Å². The van der Waals surface area contributed by atoms with E-state index >= 15 is 0 Å². The standard InChI is InChI=1S/C18H18ClN3O4/c1-10(2)22-14(7-8-20-22)21-15(23)9-25-18(24)16-11(3)12-5-4-6-13(19)17(12)26-16/h4-8,10H,9H2,1-3H3,(H,21,23). The zero-order chi connectivity index (χ0) is 18.8. The molecule has 3 rings (SSSR count). The topological polar surface area (TPSA) is 86.4 Å². The first-order chi connectivity index (χ1) is 12.4. The first-order valence-electron chi connectivity index (χ1n) is 8.06. The van der Waals surface area contributed by atoms with Gasteiger partial charge in [-0.3, -0.25) is 4.79 Å². The van der Waals surface area contributed by atoms with Crippen LogP contribution in [0.3, 0.4) is 0 Å². The molecule has 0 spiro atoms. The Bertz CT molecular complexity index is 974. The predicted molar refractivity (Wildman–Crippen MR) is 97.5 cm³/mol. The van der Waals surface area contributed by atoms with Crippen molar-refractivity contribution in [3.63, 3.8) is 0 Å². The molecule has 0 atom stereocenters. The van der Waals surface area contributed by atoms with Gasteiger partial charge in [0, 0.05) is 23.1 Å². The summed E-state index contributed by atoms with van der Waals surface area (Å²) in [5.74, 6) is -0.615. The highest BCUT2D eigenvalue weighted by Gasteiger charge is 2.21. The van der Waals surface area contributed by atoms with Gasteiger partial charge in [0.05, 0.1) is 11.2 Å². The maximum Gasteiger partial charge on any atom is 0.375 e. The van der Waals surface area contributed by atoms with E-state index in [-0.39, 0.29) is 11.8 Å². The Morgan fingerprint density at radius 3 is 2.81 bits per heavy atom. The van der Waals surface area contributed by atoms with Crippen LogP contribution in [0, 0.1) is 6.92 Å². The van der Waals surface area contributed by atoms with E-state index in [9.17, 15) is 9.59 Å². The summed E-state index contributed by atoms with van der Waals surface area (Å²) in [7, 11) is 0. The molecule has 3 aromatic rings. The third-order valence-corrected chi connectivity index (χ3v) is 4.16. The average Bonchev–Trinajstić information content (AvgIpc) is 3.19. The largest absolute Gasteiger partial charge is 0.450 e. The lowest BCUT2D eigenvalue weighted by atomic mass is 10.1. The summed E-state index contributed by atoms with van der Waals surface area (Å²) in [5.41, 5.74) is 1.04. The number of rotatable bonds is 5. The number of nitrogens with zero attached hydrogens (tertiary/aromatic N) is 2. The van der Waals surface area contributed by atoms with Crippen molar-refractivity contribution in [1.29, 1.82) is 0 Å². The summed E-state index contributed by atoms with van der Waals surface area (Å²) in [6.07, 6.45) is 1.59. The molecule has 2 aromatic heterocycles. The van der Waals surface area contributed by atoms with Gasteiger partial charge < -0.3 is 14.5 Å². The van der Waals surface area contributed by atoms with Gasteiger partial charge in [0.2, 0.25) is 5.76 Å². The molecule has 136 valence electrons. The number of hydrogen-bond acceptors (Lipinski definition) is 5. The fraction of sp³-hybridized carbons (Fsp3) is 0.278. The van der Waals surface area contributed by atoms with Gasteiger partial charge in [0.1, 0.15) is 5.82 Å². The Kier molecular flexibility index (Phi) is 4.99. The summed E-state index contributed by atoms with van der Waals surface area (Å²) in [6, 6.07) is 7.01. The fourth-order valence-electron chi connectivity index (χ4n) is 2.60. The Hall–Kier alpha value is -2.80. The molecule has 0 aliphatic carbocycles. The van der Waals surface area contributed by atoms with Crippen molar-refractivity contribution in [2.75, 3.05) is 11.9 Å². The Balaban J connectivity index is 1.67. The van der Waals surface area contributed by atoms with Crippen molar-refractivity contribution in [1.82, 2.24) is 9.78 Å². The van der Waals surface area contributed by atoms with Crippen molar-refractivity contribution in [3.05, 3.63) is 46.8 Å². The molecule has 7 nitrogen and oxygen atoms in total. The third kappa shape index (κ3) is 3.43. The number of esters is 1. The molecule has 0 saturated carbocycles. The number of benzene rings is 1. The molecule has 1 N–H and O–H groups in total. The van der Waals surface area contributed by atoms with E-state index < -0.39 is 18.5 Å². The van der Waals surface area contributed by atoms with Gasteiger partial charge in [-0.1, -0.05) is 23.7 Å². The number of hydrogen-bond donors (Lipinski definition) is 1. The zero-order valence-corrected chi connectivity index (χ0v) is 15.3. The van der Waals surface area contributed by atoms with Crippen LogP contribution in [0.1, 0.15) is 36.0 Å². The predicted octanol–water partition coefficient (Wildman–Crippen LogP) is 3.97. The van der Waals surface area contributed by atoms with Gasteiger partial charge in [0.25, 0.3) is 5.91 Å². The van der Waals surface area contributed by atoms with Crippen LogP contribution in [-0.2, 0) is 9.53 Å². The van der Waals surface area contributed by atoms with Crippen LogP contribution in [0.4, 0.5) is 5.82 Å². The number of carbonyl (C=O) groups excluding carboxylic acids is 2. The molecule has 0 fully saturated rings. The quantitative estimate of drug-likeness (QED) is 0.682. The van der Waals surface area contributed by atoms with Crippen LogP contribution < -0.4 is 5.32 Å². The number of anilines is 1. The Morgan fingerprint density at radius 2 is 2.12 bits per heavy atom. The maximum atomic E-state index is 12.3. The normalized spacial score (nSPS) is 11.1. The molecule has 8 heteroatoms. The van der Waals surface area contributed by atoms with E-state index in [0.29, 0.717) is 22.0 Å². The average molecular weight is 376 g/mol. The molecule has 0 aliphatic heterocycles. The molecule has 0 bridgehead atoms. The van der Waals surface area contributed by atoms with Crippen LogP contribution in [0.25, 0.3) is 11.0 Å². The highest BCUT2D eigenvalue weighted by molar-refractivity contribution is 6.35. The third-order valence-electron chi connectivity index (χ3n) is 3.86. The second-order valence-electron chi connectivity index (χ2n) is 6.05. The number of aromatic nitrogens is 2. The molecule has 0 aliphatic rings. The number of para-hydroxylation sites is 1. The van der Waals surface area contributed by atoms with Crippen LogP contribution >= 0.6 is 11.6 Å². The molecular weight excluding hydrogens is 358 g/mol. The van der Waals surface area contributed by atoms with Gasteiger partial charge in [-0.25, -0.2) is 9.48 Å². The summed E-state index contributed by atoms with van der Waals surface area (Å²) in [5, 5.41) is 7.92. The number of amides is 1. The highest BCUT2D eigenvalue weighted by Crippen LogP contribution is 2.30. The number of halogens is 1. The minimum absolute atomic E-state index is 0.0353. The lowest BCUT2D eigenvalue weighted by molar-refractivity contribution is -0.119. The first-order valence-corrected chi connectivity index (χ1v) is 8.44. The molecule has 0 unspecified atom stereocenters. The van der Waals surface area contributed by atoms with Crippen molar-refractivity contribution in [2.45, 2.75) is 26.8 Å². The summed E-state index contributed by atoms with van der Waals surface area (Å²) >= 11 is 6.08. The Labute approximate surface area is 154 Å². The van der Waals surface area contributed by atoms with Gasteiger partial charge in [-0.15, -0.1) is 0 Å². The van der Waals surface area contributed by atoms with Gasteiger partial charge in [0.15, 0.2) is 12.2 Å². The number of ether oxygens (including phenoxy) is 1. The van der Waals surface area contributed by atoms with E-state index in [0.717, 1.165) is 5.39 Å². The van der Waals surface area contributed by atoms with Crippen LogP contribution in [0.5, 0.6) is 0 Å². The maximum absolute atomic E-state index is 12.3. The van der Waals surface area contributed by atoms with Crippen LogP contribution in [0.15, 0.2) is 34.9 Å². The molecule has 0 radical (unpaired) electrons. The molecule has 1 aromatic carbocycles. The lowest BCUT2D eigenvalue weighted by Crippen LogP contribution is -2.23. The molecule has 1 amide bonds. The van der Waals surface area contributed by atoms with E-state index in [1.54, 1.807) is 42.1 Å². The smallest absolute Gasteiger partial charge is 0.375 e. The number of aryl methyl sites for hydroxylation is 1. The van der Waals surface area contributed by atoms with E-state index in [2.05, 4.69) is 10.4 Å². The first kappa shape index (κ1) is 18.0. The van der Waals surface area contributed by atoms with Gasteiger partial charge in [-0.2, -0.15) is 5.10 Å². The minimum atomic E-state index is -0.720. The van der Waals surface area contributed by atoms with Gasteiger partial charge >= 0.3 is 5.97 Å². The summed E-state index contributed by atoms with van der Waals surface area (Å²) in [6.45, 7) is 5.18. The van der Waals surface area contributed by atoms with Crippen molar-refractivity contribution in [2.24, 2.45) is 0 Å². The fourth-order valence-corrected chi connectivity index (χ4v) is 2.82. The monoisotopic (exact) mass is 375 g/mol. The van der Waals surface area contributed by atoms with E-state index in [4.69, 9.17) is 20.8 Å². The van der Waals surface area contributed by atoms with Crippen molar-refractivity contribution < 1.29 is 18.7 Å². The summed E-state index contributed by atoms with van der Waals surface area (Å²) in [4.78, 5) is 24.3. The highest BCUT2D eigenvalue weighted by atomic mass is 35.5. The van der Waals surface area contributed by atoms with Crippen molar-refractivity contribution >= 4 is 40.3 Å². The Morgan fingerprint density at radius 1 is 1.35 bits per heavy atom. The molecular formula is C18H18ClN3O4. The molecule has 0 saturated heterocycles. The molecule has 26 heavy (non-hydrogen) atoms. The van der Waals surface area contributed by atoms with E-state index in [1.165, 1.54) is 0 Å². The molecule has 2 heterocycles. The second kappa shape index (κ2) is 7.21. The number of nitrogens with one attached hydrogen (secondary N) is 1. The minimum Gasteiger partial charge on any atom is -0.450 e. The van der Waals surface area contributed by atoms with Crippen LogP contribution in [-0.4, -0.2) is 28.3 Å². The zero-order valence-electron chi connectivity index (χ0n) is 14.6. The van der Waals surface area contributed by atoms with Crippen LogP contribution in [0.2, 0.25) is 5.02 Å². The SMILES string of the molecule is Cc1c(C(=O)OCC(=O)Nc2ccnn2C(C)C)oc2c(Cl)cccc12. The van der Waals surface area contributed by atoms with Gasteiger partial charge in [-0.05, 0) is 26.8 Å². The summed E-state index contributed by atoms with van der Waals surface area (Å²) < 4.78 is 12.3. The number of furan rings is 1. The number of carbonyl (C=O) groups is 2. The second-order valence-corrected chi connectivity index (χ2v) is 6.46.